The van der Waals surface area contributed by atoms with Crippen molar-refractivity contribution in [2.45, 2.75) is 19.8 Å². The zero-order valence-electron chi connectivity index (χ0n) is 10.4. The number of hydrogen-bond donors (Lipinski definition) is 2. The summed E-state index contributed by atoms with van der Waals surface area (Å²) >= 11 is 0. The molecule has 6 heteroatoms. The molecular weight excluding hydrogens is 236 g/mol. The highest BCUT2D eigenvalue weighted by atomic mass is 16.4. The average Bonchev–Trinajstić information content (AvgIpc) is 2.71. The summed E-state index contributed by atoms with van der Waals surface area (Å²) in [5, 5.41) is 11.7. The Morgan fingerprint density at radius 2 is 2.11 bits per heavy atom. The molecule has 0 aliphatic carbocycles. The standard InChI is InChI=1S/C12H18N2O4/c1-7-5-14(6-9(7)12(17)18)11(16)8-2-3-10(15)13-4-8/h7-9H,2-6H2,1H3,(H,13,15)(H,17,18)/t7-,8?,9-/m1/s1. The van der Waals surface area contributed by atoms with Crippen LogP contribution in [0.3, 0.4) is 0 Å². The summed E-state index contributed by atoms with van der Waals surface area (Å²) in [5.41, 5.74) is 0. The van der Waals surface area contributed by atoms with Crippen molar-refractivity contribution in [2.24, 2.45) is 17.8 Å². The van der Waals surface area contributed by atoms with Gasteiger partial charge in [-0.05, 0) is 12.3 Å². The van der Waals surface area contributed by atoms with Gasteiger partial charge in [-0.2, -0.15) is 0 Å². The van der Waals surface area contributed by atoms with Gasteiger partial charge in [0.1, 0.15) is 0 Å². The van der Waals surface area contributed by atoms with Crippen molar-refractivity contribution >= 4 is 17.8 Å². The molecule has 0 saturated carbocycles. The summed E-state index contributed by atoms with van der Waals surface area (Å²) in [6, 6.07) is 0. The van der Waals surface area contributed by atoms with Gasteiger partial charge in [0.25, 0.3) is 0 Å². The highest BCUT2D eigenvalue weighted by Crippen LogP contribution is 2.26. The maximum absolute atomic E-state index is 12.2. The fraction of sp³-hybridized carbons (Fsp3) is 0.750. The lowest BCUT2D eigenvalue weighted by atomic mass is 9.98. The van der Waals surface area contributed by atoms with Crippen LogP contribution in [0.1, 0.15) is 19.8 Å². The molecule has 2 fully saturated rings. The summed E-state index contributed by atoms with van der Waals surface area (Å²) in [6.07, 6.45) is 0.940. The van der Waals surface area contributed by atoms with E-state index in [1.807, 2.05) is 6.92 Å². The summed E-state index contributed by atoms with van der Waals surface area (Å²) < 4.78 is 0. The number of rotatable bonds is 2. The van der Waals surface area contributed by atoms with Crippen molar-refractivity contribution in [3.8, 4) is 0 Å². The first-order chi connectivity index (χ1) is 8.49. The van der Waals surface area contributed by atoms with E-state index in [1.165, 1.54) is 0 Å². The van der Waals surface area contributed by atoms with Crippen LogP contribution in [0.2, 0.25) is 0 Å². The second kappa shape index (κ2) is 4.96. The lowest BCUT2D eigenvalue weighted by molar-refractivity contribution is -0.142. The Hall–Kier alpha value is -1.59. The van der Waals surface area contributed by atoms with Crippen LogP contribution in [0, 0.1) is 17.8 Å². The maximum Gasteiger partial charge on any atom is 0.308 e. The number of carbonyl (C=O) groups is 3. The molecule has 0 spiro atoms. The van der Waals surface area contributed by atoms with Crippen molar-refractivity contribution in [1.82, 2.24) is 10.2 Å². The molecule has 2 saturated heterocycles. The SMILES string of the molecule is C[C@@H]1CN(C(=O)C2CCC(=O)NC2)C[C@H]1C(=O)O. The molecule has 2 aliphatic rings. The lowest BCUT2D eigenvalue weighted by Gasteiger charge is -2.26. The van der Waals surface area contributed by atoms with Crippen molar-refractivity contribution in [2.75, 3.05) is 19.6 Å². The first-order valence-corrected chi connectivity index (χ1v) is 6.27. The molecule has 0 bridgehead atoms. The second-order valence-corrected chi connectivity index (χ2v) is 5.20. The van der Waals surface area contributed by atoms with E-state index >= 15 is 0 Å². The van der Waals surface area contributed by atoms with Crippen LogP contribution in [0.15, 0.2) is 0 Å². The third-order valence-electron chi connectivity index (χ3n) is 3.86. The predicted octanol–water partition coefficient (Wildman–Crippen LogP) is -0.308. The zero-order chi connectivity index (χ0) is 13.3. The molecule has 3 atom stereocenters. The molecule has 100 valence electrons. The fourth-order valence-electron chi connectivity index (χ4n) is 2.67. The third-order valence-corrected chi connectivity index (χ3v) is 3.86. The number of hydrogen-bond acceptors (Lipinski definition) is 3. The van der Waals surface area contributed by atoms with Crippen LogP contribution in [-0.4, -0.2) is 47.4 Å². The van der Waals surface area contributed by atoms with Gasteiger partial charge in [0, 0.05) is 26.1 Å². The molecule has 2 amide bonds. The summed E-state index contributed by atoms with van der Waals surface area (Å²) in [5.74, 6) is -1.54. The topological polar surface area (TPSA) is 86.7 Å². The summed E-state index contributed by atoms with van der Waals surface area (Å²) in [7, 11) is 0. The number of carboxylic acid groups (broad SMARTS) is 1. The normalized spacial score (nSPS) is 32.2. The van der Waals surface area contributed by atoms with Crippen LogP contribution in [0.5, 0.6) is 0 Å². The van der Waals surface area contributed by atoms with E-state index in [9.17, 15) is 14.4 Å². The van der Waals surface area contributed by atoms with E-state index in [-0.39, 0.29) is 23.7 Å². The van der Waals surface area contributed by atoms with Gasteiger partial charge in [0.15, 0.2) is 0 Å². The monoisotopic (exact) mass is 254 g/mol. The number of aliphatic carboxylic acids is 1. The van der Waals surface area contributed by atoms with Crippen LogP contribution in [0.4, 0.5) is 0 Å². The largest absolute Gasteiger partial charge is 0.481 e. The Morgan fingerprint density at radius 1 is 1.39 bits per heavy atom. The van der Waals surface area contributed by atoms with Crippen LogP contribution >= 0.6 is 0 Å². The van der Waals surface area contributed by atoms with Crippen molar-refractivity contribution in [1.29, 1.82) is 0 Å². The number of amides is 2. The molecule has 0 radical (unpaired) electrons. The minimum absolute atomic E-state index is 0.00960. The van der Waals surface area contributed by atoms with E-state index in [4.69, 9.17) is 5.11 Å². The molecule has 0 aromatic carbocycles. The Morgan fingerprint density at radius 3 is 2.61 bits per heavy atom. The summed E-state index contributed by atoms with van der Waals surface area (Å²) in [4.78, 5) is 35.9. The third kappa shape index (κ3) is 2.47. The number of carboxylic acids is 1. The first-order valence-electron chi connectivity index (χ1n) is 6.27. The van der Waals surface area contributed by atoms with E-state index in [2.05, 4.69) is 5.32 Å². The van der Waals surface area contributed by atoms with Crippen LogP contribution in [-0.2, 0) is 14.4 Å². The lowest BCUT2D eigenvalue weighted by Crippen LogP contribution is -2.44. The second-order valence-electron chi connectivity index (χ2n) is 5.20. The highest BCUT2D eigenvalue weighted by molar-refractivity contribution is 5.84. The maximum atomic E-state index is 12.2. The quantitative estimate of drug-likeness (QED) is 0.708. The van der Waals surface area contributed by atoms with Gasteiger partial charge in [-0.3, -0.25) is 14.4 Å². The van der Waals surface area contributed by atoms with E-state index < -0.39 is 11.9 Å². The van der Waals surface area contributed by atoms with Crippen LogP contribution in [0.25, 0.3) is 0 Å². The zero-order valence-corrected chi connectivity index (χ0v) is 10.4. The van der Waals surface area contributed by atoms with Gasteiger partial charge in [0.05, 0.1) is 11.8 Å². The number of likely N-dealkylation sites (tertiary alicyclic amines) is 1. The van der Waals surface area contributed by atoms with Crippen LogP contribution < -0.4 is 5.32 Å². The molecule has 2 N–H and O–H groups in total. The average molecular weight is 254 g/mol. The molecule has 2 rings (SSSR count). The fourth-order valence-corrected chi connectivity index (χ4v) is 2.67. The van der Waals surface area contributed by atoms with Gasteiger partial charge in [0.2, 0.25) is 11.8 Å². The highest BCUT2D eigenvalue weighted by Gasteiger charge is 2.39. The van der Waals surface area contributed by atoms with E-state index in [1.54, 1.807) is 4.90 Å². The molecule has 18 heavy (non-hydrogen) atoms. The van der Waals surface area contributed by atoms with Crippen molar-refractivity contribution in [3.05, 3.63) is 0 Å². The van der Waals surface area contributed by atoms with Crippen molar-refractivity contribution < 1.29 is 19.5 Å². The number of nitrogens with zero attached hydrogens (tertiary/aromatic N) is 1. The van der Waals surface area contributed by atoms with Crippen molar-refractivity contribution in [3.63, 3.8) is 0 Å². The molecule has 2 heterocycles. The van der Waals surface area contributed by atoms with E-state index in [0.29, 0.717) is 32.5 Å². The predicted molar refractivity (Wildman–Crippen MR) is 62.6 cm³/mol. The summed E-state index contributed by atoms with van der Waals surface area (Å²) in [6.45, 7) is 3.02. The number of piperidine rings is 1. The Bertz CT molecular complexity index is 372. The van der Waals surface area contributed by atoms with Gasteiger partial charge < -0.3 is 15.3 Å². The van der Waals surface area contributed by atoms with Gasteiger partial charge in [-0.25, -0.2) is 0 Å². The van der Waals surface area contributed by atoms with Gasteiger partial charge >= 0.3 is 5.97 Å². The molecular formula is C12H18N2O4. The number of nitrogens with one attached hydrogen (secondary N) is 1. The first kappa shape index (κ1) is 12.9. The molecule has 6 nitrogen and oxygen atoms in total. The molecule has 0 aromatic rings. The molecule has 1 unspecified atom stereocenters. The number of carbonyl (C=O) groups excluding carboxylic acids is 2. The minimum atomic E-state index is -0.838. The Kier molecular flexibility index (Phi) is 3.54. The minimum Gasteiger partial charge on any atom is -0.481 e. The Labute approximate surface area is 105 Å². The molecule has 0 aromatic heterocycles. The van der Waals surface area contributed by atoms with Gasteiger partial charge in [-0.1, -0.05) is 6.92 Å². The smallest absolute Gasteiger partial charge is 0.308 e. The van der Waals surface area contributed by atoms with E-state index in [0.717, 1.165) is 0 Å². The van der Waals surface area contributed by atoms with Gasteiger partial charge in [-0.15, -0.1) is 0 Å². The molecule has 2 aliphatic heterocycles. The Balaban J connectivity index is 1.94.